The SMILES string of the molecule is CCOc1ccc2nc(NCCNC(=O)Nc3ccccc3Cl)c(C#N)cc2c1. The molecule has 0 spiro atoms. The molecule has 0 saturated heterocycles. The molecular weight excluding hydrogens is 390 g/mol. The number of aromatic nitrogens is 1. The summed E-state index contributed by atoms with van der Waals surface area (Å²) in [5.41, 5.74) is 1.71. The topological polar surface area (TPSA) is 99.1 Å². The molecule has 3 N–H and O–H groups in total. The van der Waals surface area contributed by atoms with Crippen molar-refractivity contribution < 1.29 is 9.53 Å². The number of para-hydroxylation sites is 1. The zero-order valence-electron chi connectivity index (χ0n) is 15.8. The Morgan fingerprint density at radius 1 is 1.21 bits per heavy atom. The van der Waals surface area contributed by atoms with Crippen LogP contribution < -0.4 is 20.7 Å². The van der Waals surface area contributed by atoms with E-state index in [-0.39, 0.29) is 6.03 Å². The van der Waals surface area contributed by atoms with Crippen molar-refractivity contribution in [3.05, 3.63) is 59.1 Å². The second-order valence-corrected chi connectivity index (χ2v) is 6.48. The Kier molecular flexibility index (Phi) is 6.72. The number of benzene rings is 2. The number of nitriles is 1. The Morgan fingerprint density at radius 3 is 2.79 bits per heavy atom. The maximum absolute atomic E-state index is 12.0. The number of amides is 2. The predicted molar refractivity (Wildman–Crippen MR) is 115 cm³/mol. The van der Waals surface area contributed by atoms with Gasteiger partial charge < -0.3 is 20.7 Å². The van der Waals surface area contributed by atoms with Crippen molar-refractivity contribution in [2.75, 3.05) is 30.3 Å². The second kappa shape index (κ2) is 9.62. The summed E-state index contributed by atoms with van der Waals surface area (Å²) in [6.07, 6.45) is 0. The highest BCUT2D eigenvalue weighted by Crippen LogP contribution is 2.24. The van der Waals surface area contributed by atoms with Gasteiger partial charge in [0.15, 0.2) is 0 Å². The lowest BCUT2D eigenvalue weighted by atomic mass is 10.1. The van der Waals surface area contributed by atoms with Crippen LogP contribution in [-0.2, 0) is 0 Å². The molecule has 0 atom stereocenters. The van der Waals surface area contributed by atoms with E-state index in [1.165, 1.54) is 0 Å². The lowest BCUT2D eigenvalue weighted by Gasteiger charge is -2.11. The van der Waals surface area contributed by atoms with E-state index in [4.69, 9.17) is 16.3 Å². The Morgan fingerprint density at radius 2 is 2.03 bits per heavy atom. The van der Waals surface area contributed by atoms with Gasteiger partial charge in [0.1, 0.15) is 17.6 Å². The molecule has 0 saturated carbocycles. The number of fused-ring (bicyclic) bond motifs is 1. The van der Waals surface area contributed by atoms with E-state index in [1.54, 1.807) is 30.3 Å². The minimum absolute atomic E-state index is 0.337. The molecule has 3 rings (SSSR count). The van der Waals surface area contributed by atoms with Crippen molar-refractivity contribution in [3.8, 4) is 11.8 Å². The van der Waals surface area contributed by atoms with Crippen LogP contribution in [0.3, 0.4) is 0 Å². The second-order valence-electron chi connectivity index (χ2n) is 6.07. The van der Waals surface area contributed by atoms with E-state index in [0.717, 1.165) is 16.7 Å². The first-order chi connectivity index (χ1) is 14.1. The molecule has 7 nitrogen and oxygen atoms in total. The summed E-state index contributed by atoms with van der Waals surface area (Å²) in [6.45, 7) is 3.23. The molecule has 0 radical (unpaired) electrons. The van der Waals surface area contributed by atoms with Crippen molar-refractivity contribution in [3.63, 3.8) is 0 Å². The van der Waals surface area contributed by atoms with Gasteiger partial charge in [-0.15, -0.1) is 0 Å². The van der Waals surface area contributed by atoms with Gasteiger partial charge in [0.2, 0.25) is 0 Å². The molecule has 0 fully saturated rings. The van der Waals surface area contributed by atoms with Gasteiger partial charge in [0, 0.05) is 18.5 Å². The van der Waals surface area contributed by atoms with E-state index >= 15 is 0 Å². The molecule has 0 unspecified atom stereocenters. The van der Waals surface area contributed by atoms with Crippen LogP contribution in [0.4, 0.5) is 16.3 Å². The van der Waals surface area contributed by atoms with E-state index in [2.05, 4.69) is 27.0 Å². The normalized spacial score (nSPS) is 10.2. The molecule has 2 amide bonds. The smallest absolute Gasteiger partial charge is 0.319 e. The molecule has 0 aliphatic rings. The average Bonchev–Trinajstić information content (AvgIpc) is 2.72. The summed E-state index contributed by atoms with van der Waals surface area (Å²) >= 11 is 6.02. The van der Waals surface area contributed by atoms with Gasteiger partial charge in [-0.05, 0) is 43.3 Å². The predicted octanol–water partition coefficient (Wildman–Crippen LogP) is 4.39. The number of carbonyl (C=O) groups is 1. The maximum atomic E-state index is 12.0. The minimum Gasteiger partial charge on any atom is -0.494 e. The highest BCUT2D eigenvalue weighted by atomic mass is 35.5. The molecule has 29 heavy (non-hydrogen) atoms. The first-order valence-electron chi connectivity index (χ1n) is 9.11. The fourth-order valence-electron chi connectivity index (χ4n) is 2.72. The molecule has 8 heteroatoms. The Balaban J connectivity index is 1.58. The standard InChI is InChI=1S/C21H20ClN5O2/c1-2-29-16-7-8-18-14(12-16)11-15(13-23)20(26-18)24-9-10-25-21(28)27-19-6-4-3-5-17(19)22/h3-8,11-12H,2,9-10H2,1H3,(H,24,26)(H2,25,27,28). The number of ether oxygens (including phenoxy) is 1. The minimum atomic E-state index is -0.365. The Labute approximate surface area is 173 Å². The van der Waals surface area contributed by atoms with Gasteiger partial charge >= 0.3 is 6.03 Å². The van der Waals surface area contributed by atoms with Crippen LogP contribution in [0.1, 0.15) is 12.5 Å². The molecule has 0 aliphatic heterocycles. The molecule has 3 aromatic rings. The average molecular weight is 410 g/mol. The monoisotopic (exact) mass is 409 g/mol. The first kappa shape index (κ1) is 20.2. The van der Waals surface area contributed by atoms with Crippen LogP contribution in [-0.4, -0.2) is 30.7 Å². The number of hydrogen-bond donors (Lipinski definition) is 3. The highest BCUT2D eigenvalue weighted by Gasteiger charge is 2.08. The fraction of sp³-hybridized carbons (Fsp3) is 0.190. The number of anilines is 2. The number of nitrogens with zero attached hydrogens (tertiary/aromatic N) is 2. The first-order valence-corrected chi connectivity index (χ1v) is 9.49. The molecule has 148 valence electrons. The van der Waals surface area contributed by atoms with Crippen LogP contribution >= 0.6 is 11.6 Å². The number of pyridine rings is 1. The summed E-state index contributed by atoms with van der Waals surface area (Å²) in [7, 11) is 0. The van der Waals surface area contributed by atoms with Gasteiger partial charge in [-0.2, -0.15) is 5.26 Å². The highest BCUT2D eigenvalue weighted by molar-refractivity contribution is 6.33. The fourth-order valence-corrected chi connectivity index (χ4v) is 2.90. The van der Waals surface area contributed by atoms with Crippen LogP contribution in [0, 0.1) is 11.3 Å². The molecule has 0 aliphatic carbocycles. The third-order valence-electron chi connectivity index (χ3n) is 4.04. The van der Waals surface area contributed by atoms with Gasteiger partial charge in [-0.3, -0.25) is 0 Å². The Hall–Kier alpha value is -3.50. The molecule has 1 heterocycles. The van der Waals surface area contributed by atoms with Crippen molar-refractivity contribution >= 4 is 40.0 Å². The van der Waals surface area contributed by atoms with Crippen molar-refractivity contribution in [1.29, 1.82) is 5.26 Å². The molecule has 1 aromatic heterocycles. The number of carbonyl (C=O) groups excluding carboxylic acids is 1. The van der Waals surface area contributed by atoms with Gasteiger partial charge in [-0.1, -0.05) is 23.7 Å². The van der Waals surface area contributed by atoms with Crippen molar-refractivity contribution in [2.45, 2.75) is 6.92 Å². The lowest BCUT2D eigenvalue weighted by molar-refractivity contribution is 0.252. The number of nitrogens with one attached hydrogen (secondary N) is 3. The third kappa shape index (κ3) is 5.27. The lowest BCUT2D eigenvalue weighted by Crippen LogP contribution is -2.32. The quantitative estimate of drug-likeness (QED) is 0.502. The van der Waals surface area contributed by atoms with Crippen LogP contribution in [0.2, 0.25) is 5.02 Å². The van der Waals surface area contributed by atoms with E-state index in [1.807, 2.05) is 25.1 Å². The number of halogens is 1. The van der Waals surface area contributed by atoms with E-state index in [9.17, 15) is 10.1 Å². The summed E-state index contributed by atoms with van der Waals surface area (Å²) in [5.74, 6) is 1.21. The number of rotatable bonds is 7. The summed E-state index contributed by atoms with van der Waals surface area (Å²) in [5, 5.41) is 19.2. The zero-order chi connectivity index (χ0) is 20.6. The molecule has 2 aromatic carbocycles. The maximum Gasteiger partial charge on any atom is 0.319 e. The third-order valence-corrected chi connectivity index (χ3v) is 4.37. The summed E-state index contributed by atoms with van der Waals surface area (Å²) in [4.78, 5) is 16.5. The van der Waals surface area contributed by atoms with Crippen molar-refractivity contribution in [2.24, 2.45) is 0 Å². The van der Waals surface area contributed by atoms with Gasteiger partial charge in [0.25, 0.3) is 0 Å². The van der Waals surface area contributed by atoms with Crippen LogP contribution in [0.25, 0.3) is 10.9 Å². The van der Waals surface area contributed by atoms with Gasteiger partial charge in [-0.25, -0.2) is 9.78 Å². The number of hydrogen-bond acceptors (Lipinski definition) is 5. The van der Waals surface area contributed by atoms with E-state index in [0.29, 0.717) is 41.8 Å². The zero-order valence-corrected chi connectivity index (χ0v) is 16.6. The Bertz CT molecular complexity index is 1060. The molecule has 0 bridgehead atoms. The molecular formula is C21H20ClN5O2. The van der Waals surface area contributed by atoms with Crippen LogP contribution in [0.5, 0.6) is 5.75 Å². The van der Waals surface area contributed by atoms with Crippen molar-refractivity contribution in [1.82, 2.24) is 10.3 Å². The van der Waals surface area contributed by atoms with Crippen LogP contribution in [0.15, 0.2) is 48.5 Å². The number of urea groups is 1. The summed E-state index contributed by atoms with van der Waals surface area (Å²) < 4.78 is 5.49. The van der Waals surface area contributed by atoms with E-state index < -0.39 is 0 Å². The summed E-state index contributed by atoms with van der Waals surface area (Å²) in [6, 6.07) is 16.1. The van der Waals surface area contributed by atoms with Gasteiger partial charge in [0.05, 0.1) is 28.4 Å². The largest absolute Gasteiger partial charge is 0.494 e.